The number of methoxy groups -OCH3 is 2. The summed E-state index contributed by atoms with van der Waals surface area (Å²) in [6.07, 6.45) is 5.31. The van der Waals surface area contributed by atoms with Crippen molar-refractivity contribution in [3.05, 3.63) is 61.1 Å². The second-order valence-electron chi connectivity index (χ2n) is 9.80. The van der Waals surface area contributed by atoms with Gasteiger partial charge in [-0.05, 0) is 19.1 Å². The Kier molecular flexibility index (Phi) is 7.44. The number of aromatic nitrogens is 3. The van der Waals surface area contributed by atoms with Gasteiger partial charge in [0.2, 0.25) is 5.91 Å². The zero-order valence-corrected chi connectivity index (χ0v) is 23.1. The number of imidazole rings is 1. The van der Waals surface area contributed by atoms with Gasteiger partial charge in [-0.15, -0.1) is 0 Å². The van der Waals surface area contributed by atoms with Crippen molar-refractivity contribution < 1.29 is 14.3 Å². The van der Waals surface area contributed by atoms with Crippen molar-refractivity contribution in [2.45, 2.75) is 13.0 Å². The number of piperazine rings is 1. The van der Waals surface area contributed by atoms with E-state index in [0.717, 1.165) is 53.0 Å². The van der Waals surface area contributed by atoms with Gasteiger partial charge in [-0.1, -0.05) is 12.1 Å². The Bertz CT molecular complexity index is 1420. The minimum absolute atomic E-state index is 0.0517. The molecule has 0 aliphatic carbocycles. The zero-order chi connectivity index (χ0) is 27.5. The smallest absolute Gasteiger partial charge is 0.244 e. The van der Waals surface area contributed by atoms with Gasteiger partial charge in [0.25, 0.3) is 0 Å². The highest BCUT2D eigenvalue weighted by atomic mass is 16.5. The molecule has 1 aliphatic rings. The lowest BCUT2D eigenvalue weighted by molar-refractivity contribution is -0.131. The van der Waals surface area contributed by atoms with E-state index in [1.54, 1.807) is 26.6 Å². The van der Waals surface area contributed by atoms with Crippen LogP contribution in [0.4, 0.5) is 17.2 Å². The first-order valence-electron chi connectivity index (χ1n) is 13.0. The number of carbonyl (C=O) groups excluding carboxylic acids is 1. The van der Waals surface area contributed by atoms with Crippen LogP contribution in [0, 0.1) is 0 Å². The lowest BCUT2D eigenvalue weighted by Crippen LogP contribution is -2.52. The van der Waals surface area contributed by atoms with E-state index in [9.17, 15) is 4.79 Å². The standard InChI is InChI=1S/C29H35N7O3/c1-20(29(37)35-14-12-34(13-15-35)23-16-24(38-4)18-25(17-23)39-5)31-28-27(32-26-19-30-10-11-36(26)28)21-6-8-22(9-7-21)33(2)3/h6-11,16-20,31H,12-15H2,1-5H3. The Morgan fingerprint density at radius 3 is 2.28 bits per heavy atom. The van der Waals surface area contributed by atoms with Crippen LogP contribution in [0.2, 0.25) is 0 Å². The van der Waals surface area contributed by atoms with E-state index in [2.05, 4.69) is 44.4 Å². The van der Waals surface area contributed by atoms with Gasteiger partial charge in [-0.25, -0.2) is 4.98 Å². The minimum Gasteiger partial charge on any atom is -0.497 e. The first kappa shape index (κ1) is 26.1. The molecule has 0 spiro atoms. The molecule has 2 aromatic heterocycles. The predicted molar refractivity (Wildman–Crippen MR) is 154 cm³/mol. The Morgan fingerprint density at radius 2 is 1.67 bits per heavy atom. The maximum Gasteiger partial charge on any atom is 0.244 e. The van der Waals surface area contributed by atoms with Gasteiger partial charge >= 0.3 is 0 Å². The molecule has 1 saturated heterocycles. The fourth-order valence-electron chi connectivity index (χ4n) is 4.86. The molecule has 39 heavy (non-hydrogen) atoms. The van der Waals surface area contributed by atoms with Crippen LogP contribution in [0.15, 0.2) is 61.1 Å². The van der Waals surface area contributed by atoms with E-state index in [1.165, 1.54) is 0 Å². The number of benzene rings is 2. The second-order valence-corrected chi connectivity index (χ2v) is 9.80. The molecule has 2 aromatic carbocycles. The molecule has 1 aliphatic heterocycles. The number of hydrogen-bond donors (Lipinski definition) is 1. The lowest BCUT2D eigenvalue weighted by atomic mass is 10.1. The summed E-state index contributed by atoms with van der Waals surface area (Å²) in [5, 5.41) is 3.46. The number of rotatable bonds is 8. The van der Waals surface area contributed by atoms with E-state index in [1.807, 2.05) is 54.7 Å². The molecule has 1 fully saturated rings. The van der Waals surface area contributed by atoms with Crippen LogP contribution in [0.3, 0.4) is 0 Å². The third-order valence-corrected chi connectivity index (χ3v) is 7.10. The highest BCUT2D eigenvalue weighted by Crippen LogP contribution is 2.31. The molecule has 4 aromatic rings. The van der Waals surface area contributed by atoms with Crippen LogP contribution in [0.5, 0.6) is 11.5 Å². The average Bonchev–Trinajstić information content (AvgIpc) is 3.34. The van der Waals surface area contributed by atoms with E-state index < -0.39 is 6.04 Å². The van der Waals surface area contributed by atoms with Crippen LogP contribution in [0.1, 0.15) is 6.92 Å². The Morgan fingerprint density at radius 1 is 1.00 bits per heavy atom. The van der Waals surface area contributed by atoms with Gasteiger partial charge in [-0.2, -0.15) is 0 Å². The molecule has 1 N–H and O–H groups in total. The molecule has 10 nitrogen and oxygen atoms in total. The molecule has 0 radical (unpaired) electrons. The zero-order valence-electron chi connectivity index (χ0n) is 23.1. The number of fused-ring (bicyclic) bond motifs is 1. The number of carbonyl (C=O) groups is 1. The van der Waals surface area contributed by atoms with Gasteiger partial charge in [-0.3, -0.25) is 14.2 Å². The molecule has 0 saturated carbocycles. The predicted octanol–water partition coefficient (Wildman–Crippen LogP) is 3.63. The Hall–Kier alpha value is -4.47. The fraction of sp³-hybridized carbons (Fsp3) is 0.345. The van der Waals surface area contributed by atoms with E-state index in [0.29, 0.717) is 18.7 Å². The molecular weight excluding hydrogens is 494 g/mol. The van der Waals surface area contributed by atoms with Crippen LogP contribution in [0.25, 0.3) is 16.9 Å². The van der Waals surface area contributed by atoms with Gasteiger partial charge in [0.1, 0.15) is 29.1 Å². The largest absolute Gasteiger partial charge is 0.497 e. The van der Waals surface area contributed by atoms with E-state index >= 15 is 0 Å². The molecule has 1 amide bonds. The normalized spacial score (nSPS) is 14.3. The topological polar surface area (TPSA) is 87.5 Å². The van der Waals surface area contributed by atoms with E-state index in [-0.39, 0.29) is 5.91 Å². The lowest BCUT2D eigenvalue weighted by Gasteiger charge is -2.37. The molecule has 5 rings (SSSR count). The van der Waals surface area contributed by atoms with Crippen molar-refractivity contribution in [2.75, 3.05) is 69.6 Å². The van der Waals surface area contributed by atoms with Crippen molar-refractivity contribution in [1.82, 2.24) is 19.3 Å². The minimum atomic E-state index is -0.443. The molecule has 1 unspecified atom stereocenters. The average molecular weight is 530 g/mol. The third kappa shape index (κ3) is 5.41. The molecule has 0 bridgehead atoms. The van der Waals surface area contributed by atoms with Crippen molar-refractivity contribution in [2.24, 2.45) is 0 Å². The van der Waals surface area contributed by atoms with Gasteiger partial charge in [0, 0.05) is 87.8 Å². The molecule has 1 atom stereocenters. The summed E-state index contributed by atoms with van der Waals surface area (Å²) in [5.41, 5.74) is 4.59. The monoisotopic (exact) mass is 529 g/mol. The maximum atomic E-state index is 13.5. The highest BCUT2D eigenvalue weighted by Gasteiger charge is 2.27. The summed E-state index contributed by atoms with van der Waals surface area (Å²) in [6, 6.07) is 13.6. The van der Waals surface area contributed by atoms with Crippen molar-refractivity contribution in [3.8, 4) is 22.8 Å². The van der Waals surface area contributed by atoms with Crippen molar-refractivity contribution in [1.29, 1.82) is 0 Å². The summed E-state index contributed by atoms with van der Waals surface area (Å²) >= 11 is 0. The summed E-state index contributed by atoms with van der Waals surface area (Å²) in [4.78, 5) is 28.8. The van der Waals surface area contributed by atoms with E-state index in [4.69, 9.17) is 14.5 Å². The SMILES string of the molecule is COc1cc(OC)cc(N2CCN(C(=O)C(C)Nc3c(-c4ccc(N(C)C)cc4)nc4cnccn34)CC2)c1. The first-order valence-corrected chi connectivity index (χ1v) is 13.0. The van der Waals surface area contributed by atoms with Crippen LogP contribution in [-0.2, 0) is 4.79 Å². The van der Waals surface area contributed by atoms with Crippen LogP contribution >= 0.6 is 0 Å². The quantitative estimate of drug-likeness (QED) is 0.370. The van der Waals surface area contributed by atoms with Gasteiger partial charge in [0.15, 0.2) is 5.65 Å². The van der Waals surface area contributed by atoms with Crippen LogP contribution in [-0.4, -0.2) is 85.7 Å². The number of anilines is 3. The highest BCUT2D eigenvalue weighted by molar-refractivity contribution is 5.87. The maximum absolute atomic E-state index is 13.5. The fourth-order valence-corrected chi connectivity index (χ4v) is 4.86. The molecule has 10 heteroatoms. The molecule has 204 valence electrons. The Labute approximate surface area is 228 Å². The number of nitrogens with one attached hydrogen (secondary N) is 1. The molecule has 3 heterocycles. The third-order valence-electron chi connectivity index (χ3n) is 7.10. The number of amides is 1. The van der Waals surface area contributed by atoms with Crippen molar-refractivity contribution >= 4 is 28.7 Å². The summed E-state index contributed by atoms with van der Waals surface area (Å²) in [6.45, 7) is 4.60. The molecular formula is C29H35N7O3. The summed E-state index contributed by atoms with van der Waals surface area (Å²) in [7, 11) is 7.32. The van der Waals surface area contributed by atoms with Gasteiger partial charge < -0.3 is 29.5 Å². The first-order chi connectivity index (χ1) is 18.9. The summed E-state index contributed by atoms with van der Waals surface area (Å²) in [5.74, 6) is 2.32. The second kappa shape index (κ2) is 11.1. The van der Waals surface area contributed by atoms with Gasteiger partial charge in [0.05, 0.1) is 20.4 Å². The Balaban J connectivity index is 1.31. The number of hydrogen-bond acceptors (Lipinski definition) is 8. The summed E-state index contributed by atoms with van der Waals surface area (Å²) < 4.78 is 12.8. The van der Waals surface area contributed by atoms with Crippen molar-refractivity contribution in [3.63, 3.8) is 0 Å². The number of nitrogens with zero attached hydrogens (tertiary/aromatic N) is 6. The number of ether oxygens (including phenoxy) is 2. The van der Waals surface area contributed by atoms with Crippen LogP contribution < -0.4 is 24.6 Å².